The number of ether oxygens (including phenoxy) is 1. The highest BCUT2D eigenvalue weighted by Crippen LogP contribution is 2.21. The summed E-state index contributed by atoms with van der Waals surface area (Å²) in [5, 5.41) is 14.9. The largest absolute Gasteiger partial charge is 0.493 e. The minimum atomic E-state index is -0.223. The SMILES string of the molecule is Cc1cc(Cl)ccc1OCCCNC(=O)N[C@H](C)CCO. The van der Waals surface area contributed by atoms with E-state index in [1.165, 1.54) is 0 Å². The lowest BCUT2D eigenvalue weighted by molar-refractivity contribution is 0.229. The van der Waals surface area contributed by atoms with Gasteiger partial charge < -0.3 is 20.5 Å². The standard InChI is InChI=1S/C15H23ClN2O3/c1-11-10-13(16)4-5-14(11)21-9-3-7-17-15(20)18-12(2)6-8-19/h4-5,10,12,19H,3,6-9H2,1-2H3,(H2,17,18,20)/t12-/m1/s1. The first kappa shape index (κ1) is 17.6. The van der Waals surface area contributed by atoms with Crippen molar-refractivity contribution in [2.24, 2.45) is 0 Å². The fourth-order valence-electron chi connectivity index (χ4n) is 1.77. The molecular weight excluding hydrogens is 292 g/mol. The Balaban J connectivity index is 2.15. The van der Waals surface area contributed by atoms with Crippen molar-refractivity contribution in [2.75, 3.05) is 19.8 Å². The summed E-state index contributed by atoms with van der Waals surface area (Å²) in [6, 6.07) is 5.22. The van der Waals surface area contributed by atoms with Gasteiger partial charge in [0, 0.05) is 24.2 Å². The highest BCUT2D eigenvalue weighted by molar-refractivity contribution is 6.30. The van der Waals surface area contributed by atoms with E-state index in [2.05, 4.69) is 10.6 Å². The molecule has 1 rings (SSSR count). The third kappa shape index (κ3) is 7.20. The maximum atomic E-state index is 11.5. The first-order valence-electron chi connectivity index (χ1n) is 7.07. The Kier molecular flexibility index (Phi) is 7.93. The number of benzene rings is 1. The monoisotopic (exact) mass is 314 g/mol. The van der Waals surface area contributed by atoms with Crippen molar-refractivity contribution in [3.63, 3.8) is 0 Å². The van der Waals surface area contributed by atoms with Crippen molar-refractivity contribution < 1.29 is 14.6 Å². The molecule has 0 aliphatic carbocycles. The van der Waals surface area contributed by atoms with Gasteiger partial charge in [-0.3, -0.25) is 0 Å². The molecule has 0 saturated heterocycles. The molecule has 0 radical (unpaired) electrons. The zero-order valence-corrected chi connectivity index (χ0v) is 13.2. The second-order valence-corrected chi connectivity index (χ2v) is 5.36. The lowest BCUT2D eigenvalue weighted by atomic mass is 10.2. The van der Waals surface area contributed by atoms with E-state index in [-0.39, 0.29) is 18.7 Å². The topological polar surface area (TPSA) is 70.6 Å². The molecule has 6 heteroatoms. The molecule has 0 aliphatic rings. The molecule has 0 aromatic heterocycles. The highest BCUT2D eigenvalue weighted by atomic mass is 35.5. The number of carbonyl (C=O) groups is 1. The minimum absolute atomic E-state index is 0.0389. The fraction of sp³-hybridized carbons (Fsp3) is 0.533. The minimum Gasteiger partial charge on any atom is -0.493 e. The van der Waals surface area contributed by atoms with E-state index in [9.17, 15) is 4.79 Å². The number of urea groups is 1. The molecule has 0 heterocycles. The van der Waals surface area contributed by atoms with Gasteiger partial charge >= 0.3 is 6.03 Å². The average Bonchev–Trinajstić information content (AvgIpc) is 2.40. The second-order valence-electron chi connectivity index (χ2n) is 4.93. The molecule has 0 spiro atoms. The van der Waals surface area contributed by atoms with Crippen LogP contribution in [0.15, 0.2) is 18.2 Å². The first-order valence-corrected chi connectivity index (χ1v) is 7.45. The number of aryl methyl sites for hydroxylation is 1. The highest BCUT2D eigenvalue weighted by Gasteiger charge is 2.05. The smallest absolute Gasteiger partial charge is 0.314 e. The summed E-state index contributed by atoms with van der Waals surface area (Å²) in [5.41, 5.74) is 0.992. The lowest BCUT2D eigenvalue weighted by Crippen LogP contribution is -2.41. The molecule has 1 aromatic carbocycles. The molecule has 21 heavy (non-hydrogen) atoms. The van der Waals surface area contributed by atoms with E-state index >= 15 is 0 Å². The molecule has 0 bridgehead atoms. The van der Waals surface area contributed by atoms with E-state index < -0.39 is 0 Å². The first-order chi connectivity index (χ1) is 10.0. The molecule has 118 valence electrons. The molecule has 0 saturated carbocycles. The van der Waals surface area contributed by atoms with Gasteiger partial charge in [0.15, 0.2) is 0 Å². The molecule has 2 amide bonds. The number of hydrogen-bond donors (Lipinski definition) is 3. The molecule has 0 aliphatic heterocycles. The van der Waals surface area contributed by atoms with Crippen molar-refractivity contribution in [1.82, 2.24) is 10.6 Å². The second kappa shape index (κ2) is 9.47. The number of aliphatic hydroxyl groups is 1. The van der Waals surface area contributed by atoms with Crippen LogP contribution in [0.3, 0.4) is 0 Å². The van der Waals surface area contributed by atoms with E-state index in [1.54, 1.807) is 6.07 Å². The lowest BCUT2D eigenvalue weighted by Gasteiger charge is -2.13. The van der Waals surface area contributed by atoms with Crippen LogP contribution in [-0.2, 0) is 0 Å². The summed E-state index contributed by atoms with van der Waals surface area (Å²) in [4.78, 5) is 11.5. The predicted octanol–water partition coefficient (Wildman–Crippen LogP) is 2.49. The number of rotatable bonds is 8. The normalized spacial score (nSPS) is 11.8. The number of nitrogens with one attached hydrogen (secondary N) is 2. The van der Waals surface area contributed by atoms with E-state index in [0.29, 0.717) is 31.0 Å². The Morgan fingerprint density at radius 2 is 2.24 bits per heavy atom. The van der Waals surface area contributed by atoms with Gasteiger partial charge in [0.1, 0.15) is 5.75 Å². The van der Waals surface area contributed by atoms with Crippen LogP contribution in [0.4, 0.5) is 4.79 Å². The maximum absolute atomic E-state index is 11.5. The van der Waals surface area contributed by atoms with Crippen LogP contribution in [0.1, 0.15) is 25.3 Å². The summed E-state index contributed by atoms with van der Waals surface area (Å²) in [7, 11) is 0. The van der Waals surface area contributed by atoms with Gasteiger partial charge in [-0.05, 0) is 50.5 Å². The van der Waals surface area contributed by atoms with Crippen LogP contribution >= 0.6 is 11.6 Å². The zero-order chi connectivity index (χ0) is 15.7. The Labute approximate surface area is 130 Å². The van der Waals surface area contributed by atoms with Crippen LogP contribution in [0.2, 0.25) is 5.02 Å². The van der Waals surface area contributed by atoms with Crippen LogP contribution in [-0.4, -0.2) is 36.9 Å². The van der Waals surface area contributed by atoms with Gasteiger partial charge in [0.2, 0.25) is 0 Å². The molecule has 1 atom stereocenters. The van der Waals surface area contributed by atoms with Gasteiger partial charge in [-0.15, -0.1) is 0 Å². The quantitative estimate of drug-likeness (QED) is 0.646. The summed E-state index contributed by atoms with van der Waals surface area (Å²) in [6.07, 6.45) is 1.26. The van der Waals surface area contributed by atoms with Crippen molar-refractivity contribution in [2.45, 2.75) is 32.7 Å². The van der Waals surface area contributed by atoms with Crippen LogP contribution in [0.25, 0.3) is 0 Å². The predicted molar refractivity (Wildman–Crippen MR) is 84.0 cm³/mol. The average molecular weight is 315 g/mol. The van der Waals surface area contributed by atoms with Gasteiger partial charge in [-0.1, -0.05) is 11.6 Å². The van der Waals surface area contributed by atoms with Crippen LogP contribution in [0.5, 0.6) is 5.75 Å². The van der Waals surface area contributed by atoms with E-state index in [1.807, 2.05) is 26.0 Å². The Hall–Kier alpha value is -1.46. The third-order valence-corrected chi connectivity index (χ3v) is 3.18. The zero-order valence-electron chi connectivity index (χ0n) is 12.5. The molecule has 1 aromatic rings. The maximum Gasteiger partial charge on any atom is 0.314 e. The number of hydrogen-bond acceptors (Lipinski definition) is 3. The summed E-state index contributed by atoms with van der Waals surface area (Å²) in [5.74, 6) is 0.806. The van der Waals surface area contributed by atoms with Crippen molar-refractivity contribution in [3.05, 3.63) is 28.8 Å². The summed E-state index contributed by atoms with van der Waals surface area (Å²) < 4.78 is 5.63. The van der Waals surface area contributed by atoms with Gasteiger partial charge in [-0.25, -0.2) is 4.79 Å². The third-order valence-electron chi connectivity index (χ3n) is 2.94. The number of halogens is 1. The van der Waals surface area contributed by atoms with Gasteiger partial charge in [-0.2, -0.15) is 0 Å². The number of aliphatic hydroxyl groups excluding tert-OH is 1. The van der Waals surface area contributed by atoms with E-state index in [4.69, 9.17) is 21.4 Å². The van der Waals surface area contributed by atoms with Crippen molar-refractivity contribution in [3.8, 4) is 5.75 Å². The molecule has 3 N–H and O–H groups in total. The van der Waals surface area contributed by atoms with E-state index in [0.717, 1.165) is 11.3 Å². The summed E-state index contributed by atoms with van der Waals surface area (Å²) in [6.45, 7) is 4.91. The number of amides is 2. The van der Waals surface area contributed by atoms with Crippen LogP contribution in [0, 0.1) is 6.92 Å². The Bertz CT molecular complexity index is 455. The van der Waals surface area contributed by atoms with Gasteiger partial charge in [0.05, 0.1) is 6.61 Å². The molecule has 5 nitrogen and oxygen atoms in total. The summed E-state index contributed by atoms with van der Waals surface area (Å²) >= 11 is 5.87. The van der Waals surface area contributed by atoms with Crippen molar-refractivity contribution >= 4 is 17.6 Å². The Morgan fingerprint density at radius 1 is 1.48 bits per heavy atom. The fourth-order valence-corrected chi connectivity index (χ4v) is 2.00. The van der Waals surface area contributed by atoms with Crippen LogP contribution < -0.4 is 15.4 Å². The van der Waals surface area contributed by atoms with Crippen molar-refractivity contribution in [1.29, 1.82) is 0 Å². The number of carbonyl (C=O) groups excluding carboxylic acids is 1. The molecule has 0 fully saturated rings. The van der Waals surface area contributed by atoms with Gasteiger partial charge in [0.25, 0.3) is 0 Å². The molecular formula is C15H23ClN2O3. The molecule has 0 unspecified atom stereocenters. The Morgan fingerprint density at radius 3 is 2.90 bits per heavy atom.